The molecule has 0 unspecified atom stereocenters. The Morgan fingerprint density at radius 2 is 1.79 bits per heavy atom. The molecule has 0 fully saturated rings. The molecule has 0 aliphatic heterocycles. The molecule has 2 aromatic carbocycles. The SMILES string of the molecule is Cc1ccc(-c2noc(CN(C)C(=O)c3ccc(F)cc3)n2)cc1. The first kappa shape index (κ1) is 15.9. The van der Waals surface area contributed by atoms with Crippen molar-refractivity contribution in [3.05, 3.63) is 71.4 Å². The maximum absolute atomic E-state index is 12.9. The van der Waals surface area contributed by atoms with E-state index in [-0.39, 0.29) is 18.3 Å². The van der Waals surface area contributed by atoms with Crippen molar-refractivity contribution in [3.63, 3.8) is 0 Å². The van der Waals surface area contributed by atoms with Crippen LogP contribution >= 0.6 is 0 Å². The average molecular weight is 325 g/mol. The predicted octanol–water partition coefficient (Wildman–Crippen LogP) is 3.46. The second-order valence-electron chi connectivity index (χ2n) is 5.55. The number of aryl methyl sites for hydroxylation is 1. The van der Waals surface area contributed by atoms with Crippen molar-refractivity contribution in [3.8, 4) is 11.4 Å². The fourth-order valence-corrected chi connectivity index (χ4v) is 2.23. The van der Waals surface area contributed by atoms with Gasteiger partial charge in [0, 0.05) is 18.2 Å². The summed E-state index contributed by atoms with van der Waals surface area (Å²) in [6, 6.07) is 13.2. The molecule has 0 N–H and O–H groups in total. The van der Waals surface area contributed by atoms with E-state index in [4.69, 9.17) is 4.52 Å². The number of carbonyl (C=O) groups excluding carboxylic acids is 1. The second-order valence-corrected chi connectivity index (χ2v) is 5.55. The minimum atomic E-state index is -0.381. The van der Waals surface area contributed by atoms with Gasteiger partial charge >= 0.3 is 0 Å². The highest BCUT2D eigenvalue weighted by Gasteiger charge is 2.16. The molecule has 6 heteroatoms. The van der Waals surface area contributed by atoms with Gasteiger partial charge in [-0.15, -0.1) is 0 Å². The molecule has 24 heavy (non-hydrogen) atoms. The van der Waals surface area contributed by atoms with Crippen molar-refractivity contribution >= 4 is 5.91 Å². The third-order valence-electron chi connectivity index (χ3n) is 3.59. The highest BCUT2D eigenvalue weighted by atomic mass is 19.1. The quantitative estimate of drug-likeness (QED) is 0.737. The Hall–Kier alpha value is -3.02. The van der Waals surface area contributed by atoms with Crippen LogP contribution in [0.25, 0.3) is 11.4 Å². The number of carbonyl (C=O) groups is 1. The molecule has 3 aromatic rings. The zero-order valence-corrected chi connectivity index (χ0v) is 13.4. The minimum Gasteiger partial charge on any atom is -0.337 e. The van der Waals surface area contributed by atoms with Gasteiger partial charge in [0.2, 0.25) is 11.7 Å². The Bertz CT molecular complexity index is 841. The van der Waals surface area contributed by atoms with Crippen molar-refractivity contribution in [2.45, 2.75) is 13.5 Å². The molecular formula is C18H16FN3O2. The summed E-state index contributed by atoms with van der Waals surface area (Å²) in [4.78, 5) is 18.0. The van der Waals surface area contributed by atoms with Crippen LogP contribution in [0.3, 0.4) is 0 Å². The van der Waals surface area contributed by atoms with Crippen LogP contribution in [0, 0.1) is 12.7 Å². The van der Waals surface area contributed by atoms with Crippen LogP contribution in [-0.2, 0) is 6.54 Å². The van der Waals surface area contributed by atoms with Gasteiger partial charge in [0.1, 0.15) is 5.82 Å². The second kappa shape index (κ2) is 6.62. The van der Waals surface area contributed by atoms with E-state index in [9.17, 15) is 9.18 Å². The van der Waals surface area contributed by atoms with Gasteiger partial charge in [-0.1, -0.05) is 35.0 Å². The number of hydrogen-bond donors (Lipinski definition) is 0. The third kappa shape index (κ3) is 3.48. The highest BCUT2D eigenvalue weighted by Crippen LogP contribution is 2.17. The maximum atomic E-state index is 12.9. The van der Waals surface area contributed by atoms with E-state index in [0.29, 0.717) is 17.3 Å². The van der Waals surface area contributed by atoms with Crippen molar-refractivity contribution in [1.82, 2.24) is 15.0 Å². The summed E-state index contributed by atoms with van der Waals surface area (Å²) in [7, 11) is 1.63. The number of aromatic nitrogens is 2. The van der Waals surface area contributed by atoms with Crippen LogP contribution in [-0.4, -0.2) is 28.0 Å². The average Bonchev–Trinajstić information content (AvgIpc) is 3.04. The fraction of sp³-hybridized carbons (Fsp3) is 0.167. The Kier molecular flexibility index (Phi) is 4.37. The van der Waals surface area contributed by atoms with E-state index in [1.807, 2.05) is 31.2 Å². The van der Waals surface area contributed by atoms with Crippen molar-refractivity contribution in [2.75, 3.05) is 7.05 Å². The van der Waals surface area contributed by atoms with Crippen LogP contribution in [0.2, 0.25) is 0 Å². The Labute approximate surface area is 138 Å². The van der Waals surface area contributed by atoms with Gasteiger partial charge in [-0.2, -0.15) is 4.98 Å². The van der Waals surface area contributed by atoms with Gasteiger partial charge < -0.3 is 9.42 Å². The Balaban J connectivity index is 1.70. The number of halogens is 1. The third-order valence-corrected chi connectivity index (χ3v) is 3.59. The van der Waals surface area contributed by atoms with E-state index < -0.39 is 0 Å². The van der Waals surface area contributed by atoms with Gasteiger partial charge in [-0.05, 0) is 31.2 Å². The van der Waals surface area contributed by atoms with E-state index in [2.05, 4.69) is 10.1 Å². The molecule has 5 nitrogen and oxygen atoms in total. The number of amides is 1. The molecule has 0 radical (unpaired) electrons. The number of nitrogens with zero attached hydrogens (tertiary/aromatic N) is 3. The number of rotatable bonds is 4. The molecule has 0 aliphatic rings. The summed E-state index contributed by atoms with van der Waals surface area (Å²) in [5.74, 6) is 0.190. The van der Waals surface area contributed by atoms with Gasteiger partial charge in [0.15, 0.2) is 0 Å². The smallest absolute Gasteiger partial charge is 0.254 e. The standard InChI is InChI=1S/C18H16FN3O2/c1-12-3-5-13(6-4-12)17-20-16(24-21-17)11-22(2)18(23)14-7-9-15(19)10-8-14/h3-10H,11H2,1-2H3. The lowest BCUT2D eigenvalue weighted by Crippen LogP contribution is -2.26. The molecule has 1 amide bonds. The van der Waals surface area contributed by atoms with E-state index >= 15 is 0 Å². The van der Waals surface area contributed by atoms with Gasteiger partial charge in [0.25, 0.3) is 5.91 Å². The Morgan fingerprint density at radius 3 is 2.46 bits per heavy atom. The molecule has 3 rings (SSSR count). The molecule has 0 aliphatic carbocycles. The first-order valence-electron chi connectivity index (χ1n) is 7.43. The van der Waals surface area contributed by atoms with Crippen molar-refractivity contribution in [2.24, 2.45) is 0 Å². The summed E-state index contributed by atoms with van der Waals surface area (Å²) >= 11 is 0. The van der Waals surface area contributed by atoms with Crippen LogP contribution in [0.1, 0.15) is 21.8 Å². The largest absolute Gasteiger partial charge is 0.337 e. The van der Waals surface area contributed by atoms with Gasteiger partial charge in [-0.3, -0.25) is 4.79 Å². The fourth-order valence-electron chi connectivity index (χ4n) is 2.23. The van der Waals surface area contributed by atoms with Crippen LogP contribution < -0.4 is 0 Å². The lowest BCUT2D eigenvalue weighted by molar-refractivity contribution is 0.0769. The maximum Gasteiger partial charge on any atom is 0.254 e. The van der Waals surface area contributed by atoms with Crippen LogP contribution in [0.15, 0.2) is 53.1 Å². The van der Waals surface area contributed by atoms with Crippen molar-refractivity contribution < 1.29 is 13.7 Å². The first-order chi connectivity index (χ1) is 11.5. The minimum absolute atomic E-state index is 0.176. The molecule has 1 aromatic heterocycles. The molecule has 0 spiro atoms. The van der Waals surface area contributed by atoms with E-state index in [0.717, 1.165) is 11.1 Å². The zero-order valence-electron chi connectivity index (χ0n) is 13.4. The molecule has 0 bridgehead atoms. The summed E-state index contributed by atoms with van der Waals surface area (Å²) < 4.78 is 18.1. The molecule has 0 saturated carbocycles. The highest BCUT2D eigenvalue weighted by molar-refractivity contribution is 5.93. The summed E-state index contributed by atoms with van der Waals surface area (Å²) in [5.41, 5.74) is 2.40. The summed E-state index contributed by atoms with van der Waals surface area (Å²) in [5, 5.41) is 3.94. The lowest BCUT2D eigenvalue weighted by atomic mass is 10.1. The van der Waals surface area contributed by atoms with Crippen LogP contribution in [0.5, 0.6) is 0 Å². The van der Waals surface area contributed by atoms with Gasteiger partial charge in [0.05, 0.1) is 6.54 Å². The predicted molar refractivity (Wildman–Crippen MR) is 86.7 cm³/mol. The normalized spacial score (nSPS) is 10.6. The van der Waals surface area contributed by atoms with Crippen LogP contribution in [0.4, 0.5) is 4.39 Å². The number of hydrogen-bond acceptors (Lipinski definition) is 4. The zero-order chi connectivity index (χ0) is 17.1. The van der Waals surface area contributed by atoms with Crippen molar-refractivity contribution in [1.29, 1.82) is 0 Å². The number of benzene rings is 2. The monoisotopic (exact) mass is 325 g/mol. The topological polar surface area (TPSA) is 59.2 Å². The van der Waals surface area contributed by atoms with Gasteiger partial charge in [-0.25, -0.2) is 4.39 Å². The van der Waals surface area contributed by atoms with E-state index in [1.54, 1.807) is 7.05 Å². The van der Waals surface area contributed by atoms with E-state index in [1.165, 1.54) is 29.2 Å². The summed E-state index contributed by atoms with van der Waals surface area (Å²) in [6.07, 6.45) is 0. The molecule has 122 valence electrons. The molecule has 0 saturated heterocycles. The Morgan fingerprint density at radius 1 is 1.12 bits per heavy atom. The summed E-state index contributed by atoms with van der Waals surface area (Å²) in [6.45, 7) is 2.18. The molecule has 0 atom stereocenters. The molecular weight excluding hydrogens is 309 g/mol. The first-order valence-corrected chi connectivity index (χ1v) is 7.43. The molecule has 1 heterocycles. The lowest BCUT2D eigenvalue weighted by Gasteiger charge is -2.14.